The van der Waals surface area contributed by atoms with Gasteiger partial charge in [-0.05, 0) is 30.6 Å². The van der Waals surface area contributed by atoms with Gasteiger partial charge in [0.1, 0.15) is 0 Å². The first-order valence-electron chi connectivity index (χ1n) is 5.44. The molecule has 76 valence electrons. The second kappa shape index (κ2) is 2.38. The van der Waals surface area contributed by atoms with Crippen LogP contribution in [0.15, 0.2) is 12.2 Å². The maximum absolute atomic E-state index is 11.1. The number of nitro groups is 1. The minimum absolute atomic E-state index is 0.00472. The summed E-state index contributed by atoms with van der Waals surface area (Å²) in [5, 5.41) is 11.1. The molecule has 0 spiro atoms. The average molecular weight is 193 g/mol. The molecule has 4 atom stereocenters. The van der Waals surface area contributed by atoms with E-state index in [9.17, 15) is 10.1 Å². The average Bonchev–Trinajstić information content (AvgIpc) is 2.12. The van der Waals surface area contributed by atoms with Crippen LogP contribution in [0.5, 0.6) is 0 Å². The van der Waals surface area contributed by atoms with Crippen molar-refractivity contribution in [2.45, 2.75) is 37.6 Å². The highest BCUT2D eigenvalue weighted by Crippen LogP contribution is 2.58. The van der Waals surface area contributed by atoms with Gasteiger partial charge in [0.15, 0.2) is 0 Å². The molecular formula is C11H15NO2. The van der Waals surface area contributed by atoms with Gasteiger partial charge in [-0.1, -0.05) is 12.2 Å². The summed E-state index contributed by atoms with van der Waals surface area (Å²) in [4.78, 5) is 11.1. The van der Waals surface area contributed by atoms with Gasteiger partial charge >= 0.3 is 0 Å². The lowest BCUT2D eigenvalue weighted by Gasteiger charge is -2.52. The maximum Gasteiger partial charge on any atom is 0.223 e. The molecule has 0 heterocycles. The quantitative estimate of drug-likeness (QED) is 0.364. The van der Waals surface area contributed by atoms with Crippen molar-refractivity contribution in [2.24, 2.45) is 17.8 Å². The van der Waals surface area contributed by atoms with E-state index in [0.29, 0.717) is 17.8 Å². The van der Waals surface area contributed by atoms with Crippen molar-refractivity contribution in [3.8, 4) is 0 Å². The van der Waals surface area contributed by atoms with Crippen LogP contribution in [-0.2, 0) is 0 Å². The van der Waals surface area contributed by atoms with Gasteiger partial charge < -0.3 is 0 Å². The predicted molar refractivity (Wildman–Crippen MR) is 52.4 cm³/mol. The Balaban J connectivity index is 2.00. The van der Waals surface area contributed by atoms with E-state index in [2.05, 4.69) is 6.58 Å². The molecule has 3 nitrogen and oxygen atoms in total. The van der Waals surface area contributed by atoms with Gasteiger partial charge in [-0.3, -0.25) is 10.1 Å². The smallest absolute Gasteiger partial charge is 0.223 e. The lowest BCUT2D eigenvalue weighted by Crippen LogP contribution is -2.55. The van der Waals surface area contributed by atoms with Gasteiger partial charge in [0.05, 0.1) is 0 Å². The molecule has 0 radical (unpaired) electrons. The summed E-state index contributed by atoms with van der Waals surface area (Å²) in [6.45, 7) is 4.12. The van der Waals surface area contributed by atoms with E-state index >= 15 is 0 Å². The first kappa shape index (κ1) is 8.45. The fourth-order valence-corrected chi connectivity index (χ4v) is 4.06. The standard InChI is InChI=1S/C11H15NO2/c1-7-9-2-8-3-10(7)6-11(4-8,5-9)12(13)14/h8-10H,1-6H2/t8?,9-,10+,11?. The Kier molecular flexibility index (Phi) is 1.44. The number of rotatable bonds is 1. The molecule has 4 saturated carbocycles. The molecule has 3 heteroatoms. The van der Waals surface area contributed by atoms with Crippen LogP contribution in [0.25, 0.3) is 0 Å². The van der Waals surface area contributed by atoms with Crippen molar-refractivity contribution in [1.82, 2.24) is 0 Å². The summed E-state index contributed by atoms with van der Waals surface area (Å²) in [5.41, 5.74) is 0.760. The van der Waals surface area contributed by atoms with Crippen molar-refractivity contribution < 1.29 is 4.92 Å². The van der Waals surface area contributed by atoms with E-state index in [0.717, 1.165) is 19.3 Å². The molecule has 4 aliphatic rings. The fraction of sp³-hybridized carbons (Fsp3) is 0.818. The van der Waals surface area contributed by atoms with Crippen molar-refractivity contribution >= 4 is 0 Å². The summed E-state index contributed by atoms with van der Waals surface area (Å²) in [6, 6.07) is 0. The van der Waals surface area contributed by atoms with Crippen LogP contribution in [-0.4, -0.2) is 10.5 Å². The van der Waals surface area contributed by atoms with Gasteiger partial charge in [0, 0.05) is 24.2 Å². The molecule has 4 aliphatic carbocycles. The Morgan fingerprint density at radius 2 is 1.86 bits per heavy atom. The minimum Gasteiger partial charge on any atom is -0.264 e. The van der Waals surface area contributed by atoms with E-state index in [4.69, 9.17) is 0 Å². The molecule has 4 rings (SSSR count). The van der Waals surface area contributed by atoms with E-state index < -0.39 is 5.54 Å². The molecule has 0 aromatic heterocycles. The minimum atomic E-state index is -0.558. The zero-order chi connectivity index (χ0) is 9.92. The van der Waals surface area contributed by atoms with Crippen LogP contribution < -0.4 is 0 Å². The SMILES string of the molecule is C=C1[C@@H]2CC3C[C@H]1CC([N+](=O)[O-])(C3)C2. The number of allylic oxidation sites excluding steroid dienone is 1. The third-order valence-electron chi connectivity index (χ3n) is 4.59. The van der Waals surface area contributed by atoms with Crippen LogP contribution in [0.4, 0.5) is 0 Å². The molecule has 4 fully saturated rings. The lowest BCUT2D eigenvalue weighted by atomic mass is 9.51. The van der Waals surface area contributed by atoms with Gasteiger partial charge in [-0.15, -0.1) is 0 Å². The second-order valence-electron chi connectivity index (χ2n) is 5.40. The maximum atomic E-state index is 11.1. The van der Waals surface area contributed by atoms with Gasteiger partial charge in [-0.2, -0.15) is 0 Å². The van der Waals surface area contributed by atoms with Crippen LogP contribution in [0.3, 0.4) is 0 Å². The molecular weight excluding hydrogens is 178 g/mol. The largest absolute Gasteiger partial charge is 0.264 e. The zero-order valence-corrected chi connectivity index (χ0v) is 8.24. The van der Waals surface area contributed by atoms with Gasteiger partial charge in [-0.25, -0.2) is 0 Å². The van der Waals surface area contributed by atoms with E-state index in [1.54, 1.807) is 0 Å². The third kappa shape index (κ3) is 0.877. The molecule has 0 aromatic rings. The molecule has 0 aliphatic heterocycles. The van der Waals surface area contributed by atoms with E-state index in [1.807, 2.05) is 0 Å². The Morgan fingerprint density at radius 3 is 2.36 bits per heavy atom. The molecule has 0 aromatic carbocycles. The third-order valence-corrected chi connectivity index (χ3v) is 4.59. The topological polar surface area (TPSA) is 43.1 Å². The number of hydrogen-bond acceptors (Lipinski definition) is 2. The van der Waals surface area contributed by atoms with Crippen molar-refractivity contribution in [2.75, 3.05) is 0 Å². The summed E-state index contributed by atoms with van der Waals surface area (Å²) in [5.74, 6) is 1.54. The number of hydrogen-bond donors (Lipinski definition) is 0. The Bertz CT molecular complexity index is 305. The van der Waals surface area contributed by atoms with Gasteiger partial charge in [0.2, 0.25) is 5.54 Å². The molecule has 2 unspecified atom stereocenters. The van der Waals surface area contributed by atoms with Crippen LogP contribution in [0, 0.1) is 27.9 Å². The Morgan fingerprint density at radius 1 is 1.29 bits per heavy atom. The van der Waals surface area contributed by atoms with Crippen molar-refractivity contribution in [1.29, 1.82) is 0 Å². The van der Waals surface area contributed by atoms with Crippen LogP contribution in [0.1, 0.15) is 32.1 Å². The monoisotopic (exact) mass is 193 g/mol. The van der Waals surface area contributed by atoms with Crippen molar-refractivity contribution in [3.05, 3.63) is 22.3 Å². The summed E-state index contributed by atoms with van der Waals surface area (Å²) in [7, 11) is 0. The first-order chi connectivity index (χ1) is 6.61. The highest BCUT2D eigenvalue weighted by Gasteiger charge is 2.59. The number of nitrogens with zero attached hydrogens (tertiary/aromatic N) is 1. The second-order valence-corrected chi connectivity index (χ2v) is 5.40. The van der Waals surface area contributed by atoms with Crippen molar-refractivity contribution in [3.63, 3.8) is 0 Å². The fourth-order valence-electron chi connectivity index (χ4n) is 4.06. The van der Waals surface area contributed by atoms with Gasteiger partial charge in [0.25, 0.3) is 0 Å². The van der Waals surface area contributed by atoms with E-state index in [1.165, 1.54) is 18.4 Å². The molecule has 4 bridgehead atoms. The Hall–Kier alpha value is -0.860. The lowest BCUT2D eigenvalue weighted by molar-refractivity contribution is -0.586. The first-order valence-corrected chi connectivity index (χ1v) is 5.44. The Labute approximate surface area is 83.3 Å². The zero-order valence-electron chi connectivity index (χ0n) is 8.24. The highest BCUT2D eigenvalue weighted by molar-refractivity contribution is 5.20. The summed E-state index contributed by atoms with van der Waals surface area (Å²) < 4.78 is 0. The molecule has 0 amide bonds. The van der Waals surface area contributed by atoms with Crippen LogP contribution in [0.2, 0.25) is 0 Å². The summed E-state index contributed by atoms with van der Waals surface area (Å²) in [6.07, 6.45) is 4.72. The molecule has 0 saturated heterocycles. The van der Waals surface area contributed by atoms with Crippen LogP contribution >= 0.6 is 0 Å². The normalized spacial score (nSPS) is 49.7. The summed E-state index contributed by atoms with van der Waals surface area (Å²) >= 11 is 0. The molecule has 14 heavy (non-hydrogen) atoms. The molecule has 0 N–H and O–H groups in total. The highest BCUT2D eigenvalue weighted by atomic mass is 16.6. The van der Waals surface area contributed by atoms with E-state index in [-0.39, 0.29) is 4.92 Å². The predicted octanol–water partition coefficient (Wildman–Crippen LogP) is 2.40.